The molecule has 2 heterocycles. The van der Waals surface area contributed by atoms with Gasteiger partial charge in [-0.05, 0) is 30.4 Å². The minimum absolute atomic E-state index is 0.331. The first-order chi connectivity index (χ1) is 10.4. The second-order valence-corrected chi connectivity index (χ2v) is 6.47. The fourth-order valence-electron chi connectivity index (χ4n) is 3.80. The van der Waals surface area contributed by atoms with Crippen LogP contribution in [0.2, 0.25) is 0 Å². The Bertz CT molecular complexity index is 610. The molecule has 0 bridgehead atoms. The van der Waals surface area contributed by atoms with Crippen LogP contribution in [-0.2, 0) is 13.0 Å². The van der Waals surface area contributed by atoms with Crippen LogP contribution in [0, 0.1) is 0 Å². The smallest absolute Gasteiger partial charge is 0.123 e. The molecule has 0 amide bonds. The number of hydrogen-bond donors (Lipinski definition) is 2. The number of benzene rings is 1. The summed E-state index contributed by atoms with van der Waals surface area (Å²) in [6.45, 7) is 0.945. The van der Waals surface area contributed by atoms with Gasteiger partial charge in [0, 0.05) is 24.4 Å². The molecule has 2 aromatic rings. The average Bonchev–Trinajstić information content (AvgIpc) is 3.05. The first-order valence-corrected chi connectivity index (χ1v) is 8.25. The van der Waals surface area contributed by atoms with E-state index in [0.29, 0.717) is 12.0 Å². The predicted octanol–water partition coefficient (Wildman–Crippen LogP) is 3.84. The van der Waals surface area contributed by atoms with E-state index in [0.717, 1.165) is 18.8 Å². The average molecular weight is 281 g/mol. The van der Waals surface area contributed by atoms with E-state index in [1.807, 2.05) is 0 Å². The summed E-state index contributed by atoms with van der Waals surface area (Å²) in [5.74, 6) is 1.82. The molecular formula is C18H23N3. The first kappa shape index (κ1) is 13.1. The lowest BCUT2D eigenvalue weighted by Crippen LogP contribution is -2.29. The van der Waals surface area contributed by atoms with Crippen LogP contribution >= 0.6 is 0 Å². The molecule has 0 saturated heterocycles. The molecule has 110 valence electrons. The number of aromatic nitrogens is 2. The molecule has 4 rings (SSSR count). The highest BCUT2D eigenvalue weighted by atomic mass is 15.0. The molecule has 2 N–H and O–H groups in total. The molecule has 1 aliphatic heterocycles. The minimum Gasteiger partial charge on any atom is -0.344 e. The van der Waals surface area contributed by atoms with Gasteiger partial charge in [0.25, 0.3) is 0 Å². The zero-order chi connectivity index (χ0) is 14.1. The lowest BCUT2D eigenvalue weighted by molar-refractivity contribution is 0.434. The highest BCUT2D eigenvalue weighted by Gasteiger charge is 2.23. The molecular weight excluding hydrogens is 258 g/mol. The molecule has 1 aliphatic carbocycles. The fourth-order valence-corrected chi connectivity index (χ4v) is 3.80. The Hall–Kier alpha value is -1.61. The van der Waals surface area contributed by atoms with Crippen molar-refractivity contribution in [2.24, 2.45) is 0 Å². The Morgan fingerprint density at radius 2 is 1.81 bits per heavy atom. The van der Waals surface area contributed by atoms with Crippen molar-refractivity contribution in [2.75, 3.05) is 0 Å². The summed E-state index contributed by atoms with van der Waals surface area (Å²) in [4.78, 5) is 8.28. The fraction of sp³-hybridized carbons (Fsp3) is 0.500. The van der Waals surface area contributed by atoms with E-state index in [-0.39, 0.29) is 0 Å². The van der Waals surface area contributed by atoms with Crippen molar-refractivity contribution in [3.8, 4) is 0 Å². The van der Waals surface area contributed by atoms with E-state index in [4.69, 9.17) is 0 Å². The van der Waals surface area contributed by atoms with Gasteiger partial charge in [-0.3, -0.25) is 0 Å². The molecule has 1 aromatic carbocycles. The Balaban J connectivity index is 1.51. The number of nitrogens with zero attached hydrogens (tertiary/aromatic N) is 1. The first-order valence-electron chi connectivity index (χ1n) is 8.25. The normalized spacial score (nSPS) is 23.0. The summed E-state index contributed by atoms with van der Waals surface area (Å²) in [6, 6.07) is 9.05. The third-order valence-electron chi connectivity index (χ3n) is 5.07. The molecule has 1 aromatic heterocycles. The molecule has 1 atom stereocenters. The van der Waals surface area contributed by atoms with Crippen molar-refractivity contribution < 1.29 is 0 Å². The van der Waals surface area contributed by atoms with Crippen LogP contribution in [-0.4, -0.2) is 9.97 Å². The van der Waals surface area contributed by atoms with Crippen molar-refractivity contribution in [1.29, 1.82) is 0 Å². The topological polar surface area (TPSA) is 40.7 Å². The van der Waals surface area contributed by atoms with E-state index in [1.165, 1.54) is 48.9 Å². The largest absolute Gasteiger partial charge is 0.344 e. The summed E-state index contributed by atoms with van der Waals surface area (Å²) in [5.41, 5.74) is 4.23. The van der Waals surface area contributed by atoms with Crippen LogP contribution < -0.4 is 5.32 Å². The van der Waals surface area contributed by atoms with Crippen molar-refractivity contribution >= 4 is 0 Å². The Labute approximate surface area is 126 Å². The number of fused-ring (bicyclic) bond motifs is 1. The highest BCUT2D eigenvalue weighted by molar-refractivity contribution is 5.31. The number of H-pyrrole nitrogens is 1. The van der Waals surface area contributed by atoms with Crippen LogP contribution in [0.15, 0.2) is 30.5 Å². The SMILES string of the molecule is c1ccc2c(c1)CNC(c1ncc(C3CCCCC3)[nH]1)C2. The van der Waals surface area contributed by atoms with Gasteiger partial charge in [-0.15, -0.1) is 0 Å². The molecule has 21 heavy (non-hydrogen) atoms. The van der Waals surface area contributed by atoms with Crippen molar-refractivity contribution in [1.82, 2.24) is 15.3 Å². The molecule has 0 spiro atoms. The van der Waals surface area contributed by atoms with Crippen LogP contribution in [0.3, 0.4) is 0 Å². The van der Waals surface area contributed by atoms with Gasteiger partial charge in [0.2, 0.25) is 0 Å². The van der Waals surface area contributed by atoms with Gasteiger partial charge in [0.15, 0.2) is 0 Å². The molecule has 3 heteroatoms. The molecule has 3 nitrogen and oxygen atoms in total. The van der Waals surface area contributed by atoms with Gasteiger partial charge in [-0.25, -0.2) is 4.98 Å². The zero-order valence-electron chi connectivity index (χ0n) is 12.4. The van der Waals surface area contributed by atoms with Crippen LogP contribution in [0.25, 0.3) is 0 Å². The number of hydrogen-bond acceptors (Lipinski definition) is 2. The monoisotopic (exact) mass is 281 g/mol. The quantitative estimate of drug-likeness (QED) is 0.878. The molecule has 2 aliphatic rings. The summed E-state index contributed by atoms with van der Waals surface area (Å²) < 4.78 is 0. The van der Waals surface area contributed by atoms with Crippen LogP contribution in [0.4, 0.5) is 0 Å². The second-order valence-electron chi connectivity index (χ2n) is 6.47. The van der Waals surface area contributed by atoms with Gasteiger partial charge in [-0.1, -0.05) is 43.5 Å². The summed E-state index contributed by atoms with van der Waals surface area (Å²) in [7, 11) is 0. The third kappa shape index (κ3) is 2.62. The number of nitrogens with one attached hydrogen (secondary N) is 2. The second kappa shape index (κ2) is 5.64. The van der Waals surface area contributed by atoms with Crippen molar-refractivity contribution in [3.63, 3.8) is 0 Å². The Kier molecular flexibility index (Phi) is 3.52. The number of aromatic amines is 1. The van der Waals surface area contributed by atoms with Crippen LogP contribution in [0.1, 0.15) is 66.7 Å². The number of rotatable bonds is 2. The maximum Gasteiger partial charge on any atom is 0.123 e. The van der Waals surface area contributed by atoms with Crippen molar-refractivity contribution in [3.05, 3.63) is 53.1 Å². The zero-order valence-corrected chi connectivity index (χ0v) is 12.4. The number of imidazole rings is 1. The van der Waals surface area contributed by atoms with Crippen molar-refractivity contribution in [2.45, 2.75) is 57.0 Å². The van der Waals surface area contributed by atoms with Gasteiger partial charge in [0.05, 0.1) is 6.04 Å². The van der Waals surface area contributed by atoms with Gasteiger partial charge in [-0.2, -0.15) is 0 Å². The van der Waals surface area contributed by atoms with E-state index >= 15 is 0 Å². The molecule has 0 radical (unpaired) electrons. The summed E-state index contributed by atoms with van der Waals surface area (Å²) in [5, 5.41) is 3.61. The molecule has 1 unspecified atom stereocenters. The Morgan fingerprint density at radius 1 is 1.00 bits per heavy atom. The molecule has 1 saturated carbocycles. The lowest BCUT2D eigenvalue weighted by atomic mass is 9.87. The highest BCUT2D eigenvalue weighted by Crippen LogP contribution is 2.32. The summed E-state index contributed by atoms with van der Waals surface area (Å²) >= 11 is 0. The predicted molar refractivity (Wildman–Crippen MR) is 84.1 cm³/mol. The van der Waals surface area contributed by atoms with Gasteiger partial charge < -0.3 is 10.3 Å². The maximum absolute atomic E-state index is 4.67. The third-order valence-corrected chi connectivity index (χ3v) is 5.07. The molecule has 1 fully saturated rings. The maximum atomic E-state index is 4.67. The lowest BCUT2D eigenvalue weighted by Gasteiger charge is -2.25. The standard InChI is InChI=1S/C18H23N3/c1-2-6-13(7-3-1)17-12-20-18(21-17)16-10-14-8-4-5-9-15(14)11-19-16/h4-5,8-9,12-13,16,19H,1-3,6-7,10-11H2,(H,20,21). The van der Waals surface area contributed by atoms with Crippen LogP contribution in [0.5, 0.6) is 0 Å². The van der Waals surface area contributed by atoms with E-state index < -0.39 is 0 Å². The van der Waals surface area contributed by atoms with E-state index in [9.17, 15) is 0 Å². The Morgan fingerprint density at radius 3 is 2.67 bits per heavy atom. The summed E-state index contributed by atoms with van der Waals surface area (Å²) in [6.07, 6.45) is 9.90. The van der Waals surface area contributed by atoms with E-state index in [2.05, 4.69) is 45.7 Å². The van der Waals surface area contributed by atoms with E-state index in [1.54, 1.807) is 0 Å². The minimum atomic E-state index is 0.331. The van der Waals surface area contributed by atoms with Gasteiger partial charge in [0.1, 0.15) is 5.82 Å². The van der Waals surface area contributed by atoms with Gasteiger partial charge >= 0.3 is 0 Å².